The second-order valence-corrected chi connectivity index (χ2v) is 5.66. The van der Waals surface area contributed by atoms with E-state index in [-0.39, 0.29) is 18.0 Å². The number of hydrogen-bond acceptors (Lipinski definition) is 4. The average molecular weight is 337 g/mol. The van der Waals surface area contributed by atoms with E-state index < -0.39 is 12.7 Å². The van der Waals surface area contributed by atoms with Gasteiger partial charge < -0.3 is 20.3 Å². The van der Waals surface area contributed by atoms with E-state index in [9.17, 15) is 19.0 Å². The van der Waals surface area contributed by atoms with E-state index >= 15 is 0 Å². The third kappa shape index (κ3) is 4.91. The highest BCUT2D eigenvalue weighted by Gasteiger charge is 2.10. The highest BCUT2D eigenvalue weighted by molar-refractivity contribution is 5.40. The van der Waals surface area contributed by atoms with Crippen molar-refractivity contribution in [3.63, 3.8) is 0 Å². The molecule has 2 aromatic carbocycles. The third-order valence-electron chi connectivity index (χ3n) is 3.84. The second kappa shape index (κ2) is 8.08. The van der Waals surface area contributed by atoms with Crippen molar-refractivity contribution in [3.8, 4) is 11.5 Å². The van der Waals surface area contributed by atoms with Crippen molar-refractivity contribution in [1.29, 1.82) is 0 Å². The number of hydrogen-bond donors (Lipinski definition) is 3. The molecule has 0 radical (unpaired) electrons. The van der Waals surface area contributed by atoms with Gasteiger partial charge in [-0.25, -0.2) is 0 Å². The molecule has 0 aliphatic rings. The minimum atomic E-state index is -2.87. The summed E-state index contributed by atoms with van der Waals surface area (Å²) in [6, 6.07) is 9.47. The summed E-state index contributed by atoms with van der Waals surface area (Å²) >= 11 is 0. The maximum Gasteiger partial charge on any atom is 0.387 e. The second-order valence-electron chi connectivity index (χ2n) is 5.66. The third-order valence-corrected chi connectivity index (χ3v) is 3.84. The van der Waals surface area contributed by atoms with Gasteiger partial charge >= 0.3 is 6.61 Å². The molecule has 2 rings (SSSR count). The van der Waals surface area contributed by atoms with E-state index in [0.717, 1.165) is 16.7 Å². The fraction of sp³-hybridized carbons (Fsp3) is 0.333. The highest BCUT2D eigenvalue weighted by Crippen LogP contribution is 2.22. The van der Waals surface area contributed by atoms with Gasteiger partial charge in [0.1, 0.15) is 11.5 Å². The molecule has 0 saturated heterocycles. The van der Waals surface area contributed by atoms with E-state index in [1.54, 1.807) is 6.07 Å². The monoisotopic (exact) mass is 337 g/mol. The molecular formula is C18H21F2NO3. The largest absolute Gasteiger partial charge is 0.508 e. The molecular weight excluding hydrogens is 316 g/mol. The number of aliphatic hydroxyl groups is 1. The van der Waals surface area contributed by atoms with Crippen LogP contribution in [0.4, 0.5) is 8.78 Å². The van der Waals surface area contributed by atoms with Crippen LogP contribution < -0.4 is 10.1 Å². The van der Waals surface area contributed by atoms with E-state index in [0.29, 0.717) is 12.1 Å². The van der Waals surface area contributed by atoms with Gasteiger partial charge in [-0.1, -0.05) is 18.2 Å². The zero-order valence-corrected chi connectivity index (χ0v) is 13.6. The van der Waals surface area contributed by atoms with Gasteiger partial charge in [0.15, 0.2) is 0 Å². The van der Waals surface area contributed by atoms with Crippen molar-refractivity contribution in [2.45, 2.75) is 33.1 Å². The topological polar surface area (TPSA) is 61.7 Å². The number of aromatic hydroxyl groups is 1. The number of aliphatic hydroxyl groups excluding tert-OH is 1. The molecule has 0 amide bonds. The van der Waals surface area contributed by atoms with Gasteiger partial charge in [0.25, 0.3) is 0 Å². The number of nitrogens with one attached hydrogen (secondary N) is 1. The Labute approximate surface area is 139 Å². The van der Waals surface area contributed by atoms with Crippen molar-refractivity contribution in [1.82, 2.24) is 5.32 Å². The van der Waals surface area contributed by atoms with Crippen LogP contribution in [0.2, 0.25) is 0 Å². The lowest BCUT2D eigenvalue weighted by atomic mass is 10.0. The molecule has 0 aliphatic heterocycles. The van der Waals surface area contributed by atoms with Crippen molar-refractivity contribution < 1.29 is 23.7 Å². The Balaban J connectivity index is 1.89. The number of halogens is 2. The Morgan fingerprint density at radius 3 is 2.33 bits per heavy atom. The van der Waals surface area contributed by atoms with Gasteiger partial charge in [-0.2, -0.15) is 8.78 Å². The lowest BCUT2D eigenvalue weighted by molar-refractivity contribution is -0.0498. The zero-order chi connectivity index (χ0) is 17.7. The molecule has 0 fully saturated rings. The molecule has 3 N–H and O–H groups in total. The highest BCUT2D eigenvalue weighted by atomic mass is 19.3. The molecule has 6 heteroatoms. The summed E-state index contributed by atoms with van der Waals surface area (Å²) in [6.45, 7) is 1.71. The van der Waals surface area contributed by atoms with Crippen LogP contribution in [0.15, 0.2) is 36.4 Å². The van der Waals surface area contributed by atoms with Crippen LogP contribution in [0, 0.1) is 13.8 Å². The minimum Gasteiger partial charge on any atom is -0.508 e. The molecule has 0 spiro atoms. The van der Waals surface area contributed by atoms with Crippen LogP contribution in [0.5, 0.6) is 11.5 Å². The van der Waals surface area contributed by atoms with Crippen LogP contribution >= 0.6 is 0 Å². The van der Waals surface area contributed by atoms with Gasteiger partial charge in [-0.15, -0.1) is 0 Å². The average Bonchev–Trinajstić information content (AvgIpc) is 2.52. The molecule has 0 aliphatic carbocycles. The first-order chi connectivity index (χ1) is 11.4. The lowest BCUT2D eigenvalue weighted by Crippen LogP contribution is -2.21. The molecule has 0 bridgehead atoms. The van der Waals surface area contributed by atoms with Crippen molar-refractivity contribution in [3.05, 3.63) is 58.7 Å². The van der Waals surface area contributed by atoms with Crippen LogP contribution in [0.25, 0.3) is 0 Å². The quantitative estimate of drug-likeness (QED) is 0.724. The van der Waals surface area contributed by atoms with E-state index in [1.807, 2.05) is 19.9 Å². The Morgan fingerprint density at radius 1 is 1.08 bits per heavy atom. The predicted molar refractivity (Wildman–Crippen MR) is 87.3 cm³/mol. The van der Waals surface area contributed by atoms with E-state index in [2.05, 4.69) is 10.1 Å². The Bertz CT molecular complexity index is 675. The number of phenolic OH excluding ortho intramolecular Hbond substituents is 1. The zero-order valence-electron chi connectivity index (χ0n) is 13.6. The van der Waals surface area contributed by atoms with Gasteiger partial charge in [0.2, 0.25) is 0 Å². The van der Waals surface area contributed by atoms with Gasteiger partial charge in [-0.3, -0.25) is 0 Å². The smallest absolute Gasteiger partial charge is 0.387 e. The summed E-state index contributed by atoms with van der Waals surface area (Å²) in [4.78, 5) is 0. The Hall–Kier alpha value is -2.18. The first-order valence-electron chi connectivity index (χ1n) is 7.59. The van der Waals surface area contributed by atoms with E-state index in [1.165, 1.54) is 24.3 Å². The first-order valence-corrected chi connectivity index (χ1v) is 7.59. The van der Waals surface area contributed by atoms with Gasteiger partial charge in [-0.05, 0) is 48.7 Å². The maximum absolute atomic E-state index is 12.1. The van der Waals surface area contributed by atoms with Crippen LogP contribution in [0.3, 0.4) is 0 Å². The number of aryl methyl sites for hydroxylation is 2. The van der Waals surface area contributed by atoms with Gasteiger partial charge in [0, 0.05) is 18.7 Å². The Kier molecular flexibility index (Phi) is 6.11. The maximum atomic E-state index is 12.1. The molecule has 0 aromatic heterocycles. The Morgan fingerprint density at radius 2 is 1.71 bits per heavy atom. The summed E-state index contributed by atoms with van der Waals surface area (Å²) in [5.41, 5.74) is 3.45. The standard InChI is InChI=1S/C18H21F2NO3/c1-11-7-14(16(22)8-12(11)2)9-21-10-17(23)13-3-5-15(6-4-13)24-18(19)20/h3-8,17-18,21-23H,9-10H2,1-2H3. The number of rotatable bonds is 7. The SMILES string of the molecule is Cc1cc(O)c(CNCC(O)c2ccc(OC(F)F)cc2)cc1C. The van der Waals surface area contributed by atoms with Crippen molar-refractivity contribution in [2.75, 3.05) is 6.54 Å². The lowest BCUT2D eigenvalue weighted by Gasteiger charge is -2.14. The fourth-order valence-corrected chi connectivity index (χ4v) is 2.34. The fourth-order valence-electron chi connectivity index (χ4n) is 2.34. The summed E-state index contributed by atoms with van der Waals surface area (Å²) in [7, 11) is 0. The van der Waals surface area contributed by atoms with Crippen molar-refractivity contribution in [2.24, 2.45) is 0 Å². The van der Waals surface area contributed by atoms with Gasteiger partial charge in [0.05, 0.1) is 6.10 Å². The minimum absolute atomic E-state index is 0.0500. The van der Waals surface area contributed by atoms with Crippen molar-refractivity contribution >= 4 is 0 Å². The molecule has 1 unspecified atom stereocenters. The molecule has 24 heavy (non-hydrogen) atoms. The summed E-state index contributed by atoms with van der Waals surface area (Å²) in [6.07, 6.45) is -0.792. The first kappa shape index (κ1) is 18.2. The number of ether oxygens (including phenoxy) is 1. The summed E-state index contributed by atoms with van der Waals surface area (Å²) in [5.74, 6) is 0.266. The predicted octanol–water partition coefficient (Wildman–Crippen LogP) is 3.43. The molecule has 4 nitrogen and oxygen atoms in total. The number of benzene rings is 2. The van der Waals surface area contributed by atoms with Crippen LogP contribution in [-0.4, -0.2) is 23.4 Å². The van der Waals surface area contributed by atoms with Crippen LogP contribution in [-0.2, 0) is 6.54 Å². The summed E-state index contributed by atoms with van der Waals surface area (Å²) < 4.78 is 28.4. The molecule has 2 aromatic rings. The molecule has 0 saturated carbocycles. The van der Waals surface area contributed by atoms with Crippen LogP contribution in [0.1, 0.15) is 28.4 Å². The number of alkyl halides is 2. The number of phenols is 1. The molecule has 1 atom stereocenters. The molecule has 0 heterocycles. The summed E-state index contributed by atoms with van der Waals surface area (Å²) in [5, 5.41) is 23.1. The normalized spacial score (nSPS) is 12.4. The van der Waals surface area contributed by atoms with E-state index in [4.69, 9.17) is 0 Å². The molecule has 130 valence electrons.